The van der Waals surface area contributed by atoms with E-state index in [1.54, 1.807) is 28.1 Å². The van der Waals surface area contributed by atoms with E-state index < -0.39 is 11.5 Å². The van der Waals surface area contributed by atoms with Gasteiger partial charge in [0.25, 0.3) is 5.91 Å². The van der Waals surface area contributed by atoms with Crippen molar-refractivity contribution >= 4 is 40.6 Å². The van der Waals surface area contributed by atoms with E-state index in [1.165, 1.54) is 11.1 Å². The summed E-state index contributed by atoms with van der Waals surface area (Å²) in [5.74, 6) is 1.14. The molecule has 2 aliphatic carbocycles. The van der Waals surface area contributed by atoms with Crippen LogP contribution in [0.25, 0.3) is 0 Å². The second-order valence-electron chi connectivity index (χ2n) is 15.0. The van der Waals surface area contributed by atoms with Crippen LogP contribution >= 0.6 is 11.6 Å². The number of aryl methyl sites for hydroxylation is 2. The third-order valence-electron chi connectivity index (χ3n) is 11.4. The fourth-order valence-corrected chi connectivity index (χ4v) is 8.58. The first-order valence-corrected chi connectivity index (χ1v) is 19.1. The lowest BCUT2D eigenvalue weighted by molar-refractivity contribution is -0.142. The van der Waals surface area contributed by atoms with E-state index in [1.807, 2.05) is 23.1 Å². The molecule has 2 fully saturated rings. The van der Waals surface area contributed by atoms with E-state index in [9.17, 15) is 13.8 Å². The molecule has 0 N–H and O–H groups in total. The first-order chi connectivity index (χ1) is 24.6. The van der Waals surface area contributed by atoms with Crippen LogP contribution in [0.4, 0.5) is 5.69 Å². The number of hydrogen-bond acceptors (Lipinski definition) is 8. The van der Waals surface area contributed by atoms with E-state index >= 15 is 0 Å². The van der Waals surface area contributed by atoms with Gasteiger partial charge in [-0.2, -0.15) is 4.21 Å². The number of hydrogen-bond donors (Lipinski definition) is 0. The molecule has 12 heteroatoms. The van der Waals surface area contributed by atoms with Crippen molar-refractivity contribution in [1.29, 1.82) is 0 Å². The number of methoxy groups -OCH3 is 2. The number of carbonyl (C=O) groups excluding carboxylic acids is 2. The first-order valence-electron chi connectivity index (χ1n) is 18.0. The minimum absolute atomic E-state index is 0.105. The van der Waals surface area contributed by atoms with E-state index in [0.29, 0.717) is 44.4 Å². The highest BCUT2D eigenvalue weighted by Gasteiger charge is 2.44. The predicted molar refractivity (Wildman–Crippen MR) is 198 cm³/mol. The summed E-state index contributed by atoms with van der Waals surface area (Å²) in [6, 6.07) is 12.8. The van der Waals surface area contributed by atoms with Gasteiger partial charge in [0.15, 0.2) is 0 Å². The zero-order valence-electron chi connectivity index (χ0n) is 30.1. The van der Waals surface area contributed by atoms with Gasteiger partial charge in [-0.25, -0.2) is 0 Å². The van der Waals surface area contributed by atoms with Crippen molar-refractivity contribution < 1.29 is 32.7 Å². The van der Waals surface area contributed by atoms with E-state index in [4.69, 9.17) is 30.5 Å². The summed E-state index contributed by atoms with van der Waals surface area (Å²) in [6.45, 7) is 7.02. The summed E-state index contributed by atoms with van der Waals surface area (Å²) in [5.41, 5.74) is 3.48. The van der Waals surface area contributed by atoms with Gasteiger partial charge < -0.3 is 28.7 Å². The Morgan fingerprint density at radius 3 is 2.73 bits per heavy atom. The maximum atomic E-state index is 12.9. The zero-order chi connectivity index (χ0) is 36.2. The van der Waals surface area contributed by atoms with Gasteiger partial charge in [0.1, 0.15) is 11.4 Å². The summed E-state index contributed by atoms with van der Waals surface area (Å²) in [5, 5.41) is 0.767. The molecule has 2 aromatic rings. The summed E-state index contributed by atoms with van der Waals surface area (Å²) < 4.78 is 37.9. The zero-order valence-corrected chi connectivity index (χ0v) is 31.7. The molecular weight excluding hydrogens is 690 g/mol. The van der Waals surface area contributed by atoms with Gasteiger partial charge in [-0.15, -0.1) is 4.36 Å². The van der Waals surface area contributed by atoms with Crippen LogP contribution in [0, 0.1) is 11.8 Å². The molecule has 0 unspecified atom stereocenters. The first kappa shape index (κ1) is 37.7. The molecule has 51 heavy (non-hydrogen) atoms. The van der Waals surface area contributed by atoms with Gasteiger partial charge in [-0.1, -0.05) is 35.9 Å². The lowest BCUT2D eigenvalue weighted by Gasteiger charge is -2.46. The third-order valence-corrected chi connectivity index (χ3v) is 11.9. The Balaban J connectivity index is 1.21. The van der Waals surface area contributed by atoms with Crippen molar-refractivity contribution in [2.24, 2.45) is 16.2 Å². The quantitative estimate of drug-likeness (QED) is 0.233. The molecule has 2 aromatic carbocycles. The standard InChI is InChI=1S/C39H50ClN3O7S/c1-38(2,37(45)41-51-46)50-18-6-8-34(48-4)31-13-11-28(31)21-43-24-39(17-5-7-27-20-29(40)12-14-32(27)39)25-49-35-15-9-26(19-33(35)43)10-16-36(44)42-22-30(23-42)47-3/h6,8-9,12,14-15,19-20,28,30-31,34H,5,7,10-11,13,16-18,21-25H2,1-4H3/b8-6+/t28-,31+,34-,39-/m0/s1. The Hall–Kier alpha value is -3.09. The summed E-state index contributed by atoms with van der Waals surface area (Å²) >= 11 is 6.37. The molecule has 4 aliphatic rings. The van der Waals surface area contributed by atoms with E-state index in [2.05, 4.69) is 39.6 Å². The molecule has 0 bridgehead atoms. The summed E-state index contributed by atoms with van der Waals surface area (Å²) in [7, 11) is 3.43. The Bertz CT molecular complexity index is 1670. The van der Waals surface area contributed by atoms with Crippen LogP contribution in [0.2, 0.25) is 5.02 Å². The molecule has 1 saturated heterocycles. The average Bonchev–Trinajstić information content (AvgIpc) is 3.23. The second kappa shape index (κ2) is 16.3. The molecule has 2 heterocycles. The highest BCUT2D eigenvalue weighted by molar-refractivity contribution is 7.55. The maximum absolute atomic E-state index is 12.9. The number of anilines is 1. The molecule has 0 aromatic heterocycles. The summed E-state index contributed by atoms with van der Waals surface area (Å²) in [6.07, 6.45) is 10.3. The minimum atomic E-state index is -1.18. The minimum Gasteiger partial charge on any atom is -0.490 e. The number of ether oxygens (including phenoxy) is 4. The summed E-state index contributed by atoms with van der Waals surface area (Å²) in [4.78, 5) is 29.4. The number of nitrogens with zero attached hydrogens (tertiary/aromatic N) is 3. The van der Waals surface area contributed by atoms with Gasteiger partial charge >= 0.3 is 0 Å². The maximum Gasteiger partial charge on any atom is 0.290 e. The molecule has 10 nitrogen and oxygen atoms in total. The average molecular weight is 740 g/mol. The van der Waals surface area contributed by atoms with Crippen LogP contribution < -0.4 is 9.64 Å². The van der Waals surface area contributed by atoms with Crippen molar-refractivity contribution in [3.63, 3.8) is 0 Å². The van der Waals surface area contributed by atoms with Gasteiger partial charge in [0.05, 0.1) is 31.1 Å². The monoisotopic (exact) mass is 739 g/mol. The lowest BCUT2D eigenvalue weighted by atomic mass is 9.68. The molecule has 1 spiro atoms. The van der Waals surface area contributed by atoms with E-state index in [0.717, 1.165) is 67.2 Å². The van der Waals surface area contributed by atoms with Crippen LogP contribution in [-0.4, -0.2) is 92.3 Å². The molecule has 4 atom stereocenters. The van der Waals surface area contributed by atoms with Crippen molar-refractivity contribution in [3.8, 4) is 5.75 Å². The largest absolute Gasteiger partial charge is 0.490 e. The number of likely N-dealkylation sites (tertiary alicyclic amines) is 1. The number of halogens is 1. The smallest absolute Gasteiger partial charge is 0.290 e. The Morgan fingerprint density at radius 1 is 1.18 bits per heavy atom. The van der Waals surface area contributed by atoms with Crippen LogP contribution in [0.15, 0.2) is 52.9 Å². The third kappa shape index (κ3) is 8.43. The fraction of sp³-hybridized carbons (Fsp3) is 0.590. The fourth-order valence-electron chi connectivity index (χ4n) is 8.10. The molecular formula is C39H50ClN3O7S. The normalized spacial score (nSPS) is 23.8. The molecule has 2 aliphatic heterocycles. The van der Waals surface area contributed by atoms with Gasteiger partial charge in [-0.05, 0) is 105 Å². The van der Waals surface area contributed by atoms with Gasteiger partial charge in [0.2, 0.25) is 17.4 Å². The van der Waals surface area contributed by atoms with Gasteiger partial charge in [0, 0.05) is 57.3 Å². The van der Waals surface area contributed by atoms with Crippen LogP contribution in [0.5, 0.6) is 5.75 Å². The van der Waals surface area contributed by atoms with Crippen LogP contribution in [-0.2, 0) is 53.5 Å². The predicted octanol–water partition coefficient (Wildman–Crippen LogP) is 5.92. The molecule has 1 saturated carbocycles. The number of benzene rings is 2. The van der Waals surface area contributed by atoms with Crippen molar-refractivity contribution in [2.75, 3.05) is 58.5 Å². The van der Waals surface area contributed by atoms with Crippen molar-refractivity contribution in [3.05, 3.63) is 70.3 Å². The molecule has 0 radical (unpaired) electrons. The lowest BCUT2D eigenvalue weighted by Crippen LogP contribution is -2.54. The van der Waals surface area contributed by atoms with Crippen LogP contribution in [0.3, 0.4) is 0 Å². The molecule has 2 amide bonds. The number of amides is 2. The topological polar surface area (TPSA) is 107 Å². The van der Waals surface area contributed by atoms with E-state index in [-0.39, 0.29) is 41.6 Å². The van der Waals surface area contributed by atoms with Gasteiger partial charge in [-0.3, -0.25) is 9.59 Å². The Morgan fingerprint density at radius 2 is 2.00 bits per heavy atom. The highest BCUT2D eigenvalue weighted by atomic mass is 35.5. The highest BCUT2D eigenvalue weighted by Crippen LogP contribution is 2.47. The molecule has 276 valence electrons. The van der Waals surface area contributed by atoms with Crippen LogP contribution in [0.1, 0.15) is 62.6 Å². The Labute approximate surface area is 310 Å². The number of carbonyl (C=O) groups is 2. The molecule has 6 rings (SSSR count). The second-order valence-corrected chi connectivity index (χ2v) is 15.8. The SMILES string of the molecule is COC1CN(C(=O)CCc2ccc3c(c2)N(C[C@@H]2CC[C@H]2[C@H](/C=C/COC(C)(C)C(=O)N=S=O)OC)C[C@@]2(CCCc4cc(Cl)ccc42)CO3)C1. The number of fused-ring (bicyclic) bond motifs is 3. The van der Waals surface area contributed by atoms with Crippen molar-refractivity contribution in [2.45, 2.75) is 82.0 Å². The van der Waals surface area contributed by atoms with Crippen molar-refractivity contribution in [1.82, 2.24) is 4.90 Å². The number of rotatable bonds is 13. The Kier molecular flexibility index (Phi) is 12.0.